The third-order valence-electron chi connectivity index (χ3n) is 4.11. The molecule has 1 aliphatic heterocycles. The minimum atomic E-state index is 0.669. The summed E-state index contributed by atoms with van der Waals surface area (Å²) < 4.78 is 0. The van der Waals surface area contributed by atoms with Gasteiger partial charge in [0.2, 0.25) is 0 Å². The summed E-state index contributed by atoms with van der Waals surface area (Å²) >= 11 is 0. The molecule has 1 rings (SSSR count). The van der Waals surface area contributed by atoms with Crippen molar-refractivity contribution in [3.05, 3.63) is 0 Å². The maximum absolute atomic E-state index is 3.72. The van der Waals surface area contributed by atoms with Crippen molar-refractivity contribution in [2.24, 2.45) is 5.92 Å². The molecule has 0 saturated carbocycles. The van der Waals surface area contributed by atoms with Crippen molar-refractivity contribution in [2.45, 2.75) is 71.9 Å². The van der Waals surface area contributed by atoms with Crippen LogP contribution in [0.1, 0.15) is 59.8 Å². The summed E-state index contributed by atoms with van der Waals surface area (Å²) in [6, 6.07) is 1.51. The molecule has 2 atom stereocenters. The third-order valence-corrected chi connectivity index (χ3v) is 4.11. The smallest absolute Gasteiger partial charge is 0.0218 e. The standard InChI is InChI=1S/C15H32N2/c1-5-10-16-15(13(3)4)12-17-11-8-7-9-14(17)6-2/h13-16H,5-12H2,1-4H3. The monoisotopic (exact) mass is 240 g/mol. The number of piperidine rings is 1. The largest absolute Gasteiger partial charge is 0.312 e. The molecule has 1 N–H and O–H groups in total. The molecule has 2 nitrogen and oxygen atoms in total. The first-order chi connectivity index (χ1) is 8.19. The summed E-state index contributed by atoms with van der Waals surface area (Å²) in [5.41, 5.74) is 0. The lowest BCUT2D eigenvalue weighted by atomic mass is 9.96. The second-order valence-corrected chi connectivity index (χ2v) is 5.86. The van der Waals surface area contributed by atoms with E-state index < -0.39 is 0 Å². The molecule has 2 heteroatoms. The number of hydrogen-bond donors (Lipinski definition) is 1. The van der Waals surface area contributed by atoms with Gasteiger partial charge >= 0.3 is 0 Å². The van der Waals surface area contributed by atoms with Gasteiger partial charge in [0.15, 0.2) is 0 Å². The molecule has 1 heterocycles. The summed E-state index contributed by atoms with van der Waals surface area (Å²) in [4.78, 5) is 2.73. The van der Waals surface area contributed by atoms with Gasteiger partial charge in [-0.05, 0) is 44.7 Å². The first-order valence-corrected chi connectivity index (χ1v) is 7.66. The van der Waals surface area contributed by atoms with E-state index in [9.17, 15) is 0 Å². The van der Waals surface area contributed by atoms with Crippen molar-refractivity contribution in [2.75, 3.05) is 19.6 Å². The summed E-state index contributed by atoms with van der Waals surface area (Å²) in [6.07, 6.45) is 6.80. The molecule has 0 spiro atoms. The highest BCUT2D eigenvalue weighted by atomic mass is 15.2. The topological polar surface area (TPSA) is 15.3 Å². The number of nitrogens with zero attached hydrogens (tertiary/aromatic N) is 1. The quantitative estimate of drug-likeness (QED) is 0.735. The van der Waals surface area contributed by atoms with Gasteiger partial charge in [0, 0.05) is 18.6 Å². The molecule has 1 fully saturated rings. The number of hydrogen-bond acceptors (Lipinski definition) is 2. The first-order valence-electron chi connectivity index (χ1n) is 7.66. The number of rotatable bonds is 7. The highest BCUT2D eigenvalue weighted by molar-refractivity contribution is 4.82. The van der Waals surface area contributed by atoms with Gasteiger partial charge in [-0.2, -0.15) is 0 Å². The van der Waals surface area contributed by atoms with E-state index >= 15 is 0 Å². The van der Waals surface area contributed by atoms with Crippen molar-refractivity contribution in [3.63, 3.8) is 0 Å². The predicted molar refractivity (Wildman–Crippen MR) is 76.4 cm³/mol. The Morgan fingerprint density at radius 3 is 2.59 bits per heavy atom. The fraction of sp³-hybridized carbons (Fsp3) is 1.00. The lowest BCUT2D eigenvalue weighted by Crippen LogP contribution is -2.49. The van der Waals surface area contributed by atoms with Crippen molar-refractivity contribution in [3.8, 4) is 0 Å². The first kappa shape index (κ1) is 15.0. The minimum absolute atomic E-state index is 0.669. The van der Waals surface area contributed by atoms with Crippen LogP contribution in [-0.4, -0.2) is 36.6 Å². The van der Waals surface area contributed by atoms with Gasteiger partial charge in [-0.25, -0.2) is 0 Å². The van der Waals surface area contributed by atoms with Crippen LogP contribution in [0, 0.1) is 5.92 Å². The van der Waals surface area contributed by atoms with E-state index in [-0.39, 0.29) is 0 Å². The highest BCUT2D eigenvalue weighted by Gasteiger charge is 2.24. The zero-order valence-electron chi connectivity index (χ0n) is 12.3. The Kier molecular flexibility index (Phi) is 7.14. The molecule has 0 amide bonds. The van der Waals surface area contributed by atoms with Crippen LogP contribution in [0.3, 0.4) is 0 Å². The van der Waals surface area contributed by atoms with Crippen LogP contribution in [0.2, 0.25) is 0 Å². The molecule has 102 valence electrons. The molecule has 0 radical (unpaired) electrons. The number of likely N-dealkylation sites (tertiary alicyclic amines) is 1. The van der Waals surface area contributed by atoms with E-state index in [2.05, 4.69) is 37.9 Å². The van der Waals surface area contributed by atoms with E-state index in [0.29, 0.717) is 6.04 Å². The average Bonchev–Trinajstić information content (AvgIpc) is 2.34. The van der Waals surface area contributed by atoms with Crippen molar-refractivity contribution in [1.29, 1.82) is 0 Å². The van der Waals surface area contributed by atoms with Gasteiger partial charge in [0.25, 0.3) is 0 Å². The van der Waals surface area contributed by atoms with Crippen LogP contribution in [0.25, 0.3) is 0 Å². The van der Waals surface area contributed by atoms with Gasteiger partial charge < -0.3 is 5.32 Å². The predicted octanol–water partition coefficient (Wildman–Crippen LogP) is 3.28. The molecule has 0 aromatic heterocycles. The molecule has 0 bridgehead atoms. The fourth-order valence-corrected chi connectivity index (χ4v) is 2.86. The van der Waals surface area contributed by atoms with Gasteiger partial charge in [-0.15, -0.1) is 0 Å². The van der Waals surface area contributed by atoms with Crippen LogP contribution < -0.4 is 5.32 Å². The zero-order valence-corrected chi connectivity index (χ0v) is 12.3. The van der Waals surface area contributed by atoms with E-state index in [4.69, 9.17) is 0 Å². The Morgan fingerprint density at radius 2 is 2.00 bits per heavy atom. The maximum Gasteiger partial charge on any atom is 0.0218 e. The van der Waals surface area contributed by atoms with Gasteiger partial charge in [-0.1, -0.05) is 34.1 Å². The summed E-state index contributed by atoms with van der Waals surface area (Å²) in [5.74, 6) is 0.737. The Balaban J connectivity index is 2.45. The molecule has 0 aromatic carbocycles. The van der Waals surface area contributed by atoms with Crippen LogP contribution in [0.5, 0.6) is 0 Å². The van der Waals surface area contributed by atoms with E-state index in [0.717, 1.165) is 18.5 Å². The Labute approximate surface area is 108 Å². The van der Waals surface area contributed by atoms with Crippen LogP contribution >= 0.6 is 0 Å². The fourth-order valence-electron chi connectivity index (χ4n) is 2.86. The number of nitrogens with one attached hydrogen (secondary N) is 1. The maximum atomic E-state index is 3.72. The minimum Gasteiger partial charge on any atom is -0.312 e. The summed E-state index contributed by atoms with van der Waals surface area (Å²) in [7, 11) is 0. The van der Waals surface area contributed by atoms with E-state index in [1.165, 1.54) is 45.2 Å². The lowest BCUT2D eigenvalue weighted by Gasteiger charge is -2.38. The van der Waals surface area contributed by atoms with Crippen LogP contribution in [-0.2, 0) is 0 Å². The molecule has 1 saturated heterocycles. The van der Waals surface area contributed by atoms with Crippen LogP contribution in [0.15, 0.2) is 0 Å². The average molecular weight is 240 g/mol. The molecular formula is C15H32N2. The Bertz CT molecular complexity index is 191. The summed E-state index contributed by atoms with van der Waals surface area (Å²) in [5, 5.41) is 3.72. The van der Waals surface area contributed by atoms with E-state index in [1.807, 2.05) is 0 Å². The summed E-state index contributed by atoms with van der Waals surface area (Å²) in [6.45, 7) is 13.0. The molecule has 0 aromatic rings. The molecule has 17 heavy (non-hydrogen) atoms. The SMILES string of the molecule is CCCNC(CN1CCCCC1CC)C(C)C. The zero-order chi connectivity index (χ0) is 12.7. The second-order valence-electron chi connectivity index (χ2n) is 5.86. The van der Waals surface area contributed by atoms with E-state index in [1.54, 1.807) is 0 Å². The second kappa shape index (κ2) is 8.10. The Morgan fingerprint density at radius 1 is 1.24 bits per heavy atom. The highest BCUT2D eigenvalue weighted by Crippen LogP contribution is 2.20. The van der Waals surface area contributed by atoms with Crippen molar-refractivity contribution >= 4 is 0 Å². The lowest BCUT2D eigenvalue weighted by molar-refractivity contribution is 0.119. The van der Waals surface area contributed by atoms with Gasteiger partial charge in [0.1, 0.15) is 0 Å². The third kappa shape index (κ3) is 4.97. The molecule has 0 aliphatic carbocycles. The molecular weight excluding hydrogens is 208 g/mol. The molecule has 2 unspecified atom stereocenters. The van der Waals surface area contributed by atoms with Gasteiger partial charge in [0.05, 0.1) is 0 Å². The normalized spacial score (nSPS) is 24.2. The Hall–Kier alpha value is -0.0800. The van der Waals surface area contributed by atoms with Crippen molar-refractivity contribution < 1.29 is 0 Å². The van der Waals surface area contributed by atoms with Crippen LogP contribution in [0.4, 0.5) is 0 Å². The van der Waals surface area contributed by atoms with Crippen molar-refractivity contribution in [1.82, 2.24) is 10.2 Å². The van der Waals surface area contributed by atoms with Gasteiger partial charge in [-0.3, -0.25) is 4.90 Å². The molecule has 1 aliphatic rings.